The van der Waals surface area contributed by atoms with Crippen LogP contribution in [0.5, 0.6) is 0 Å². The number of fused-ring (bicyclic) bond motifs is 1. The van der Waals surface area contributed by atoms with Crippen molar-refractivity contribution in [3.8, 4) is 11.1 Å². The number of nitrogens with zero attached hydrogens (tertiary/aromatic N) is 6. The van der Waals surface area contributed by atoms with Crippen molar-refractivity contribution >= 4 is 5.71 Å². The summed E-state index contributed by atoms with van der Waals surface area (Å²) in [5.41, 5.74) is 8.07. The minimum Gasteiger partial charge on any atom is -0.275 e. The molecule has 6 heteroatoms. The fourth-order valence-electron chi connectivity index (χ4n) is 3.96. The summed E-state index contributed by atoms with van der Waals surface area (Å²) < 4.78 is 1.87. The van der Waals surface area contributed by atoms with Gasteiger partial charge in [-0.05, 0) is 36.5 Å². The molecule has 0 atom stereocenters. The fourth-order valence-corrected chi connectivity index (χ4v) is 3.96. The second-order valence-electron chi connectivity index (χ2n) is 8.28. The monoisotopic (exact) mass is 350 g/mol. The van der Waals surface area contributed by atoms with E-state index in [1.54, 1.807) is 0 Å². The average Bonchev–Trinajstić information content (AvgIpc) is 3.19. The molecule has 1 aliphatic carbocycles. The number of hydrogen-bond acceptors (Lipinski definition) is 5. The lowest BCUT2D eigenvalue weighted by atomic mass is 9.81. The van der Waals surface area contributed by atoms with Crippen molar-refractivity contribution in [2.75, 3.05) is 6.54 Å². The Morgan fingerprint density at radius 1 is 1.04 bits per heavy atom. The van der Waals surface area contributed by atoms with Gasteiger partial charge in [0.15, 0.2) is 0 Å². The predicted molar refractivity (Wildman–Crippen MR) is 103 cm³/mol. The van der Waals surface area contributed by atoms with Gasteiger partial charge in [-0.1, -0.05) is 27.2 Å². The Kier molecular flexibility index (Phi) is 4.21. The summed E-state index contributed by atoms with van der Waals surface area (Å²) in [6, 6.07) is 0. The summed E-state index contributed by atoms with van der Waals surface area (Å²) in [5, 5.41) is 16.8. The van der Waals surface area contributed by atoms with Crippen LogP contribution in [0.25, 0.3) is 11.1 Å². The fraction of sp³-hybridized carbons (Fsp3) is 0.550. The molecule has 0 spiro atoms. The van der Waals surface area contributed by atoms with Gasteiger partial charge in [0.2, 0.25) is 0 Å². The van der Waals surface area contributed by atoms with Crippen LogP contribution < -0.4 is 0 Å². The standard InChI is InChI=1S/C20H26N6/c1-20(2,3)19-18(16-11-21-25-24-16)17(13-10-22-26(4)12-13)14-8-6-5-7-9-15(14)23-19/h10,12H,5-9,11H2,1-4H3. The van der Waals surface area contributed by atoms with Crippen molar-refractivity contribution in [2.24, 2.45) is 22.5 Å². The van der Waals surface area contributed by atoms with Crippen LogP contribution in [0, 0.1) is 0 Å². The van der Waals surface area contributed by atoms with E-state index in [-0.39, 0.29) is 5.41 Å². The maximum absolute atomic E-state index is 5.19. The van der Waals surface area contributed by atoms with E-state index < -0.39 is 0 Å². The highest BCUT2D eigenvalue weighted by atomic mass is 15.4. The van der Waals surface area contributed by atoms with E-state index in [0.717, 1.165) is 35.4 Å². The van der Waals surface area contributed by atoms with E-state index in [2.05, 4.69) is 47.5 Å². The molecule has 0 unspecified atom stereocenters. The van der Waals surface area contributed by atoms with E-state index in [4.69, 9.17) is 4.98 Å². The highest BCUT2D eigenvalue weighted by Gasteiger charge is 2.31. The van der Waals surface area contributed by atoms with Crippen molar-refractivity contribution in [1.82, 2.24) is 14.8 Å². The second-order valence-corrected chi connectivity index (χ2v) is 8.28. The normalized spacial score (nSPS) is 17.2. The highest BCUT2D eigenvalue weighted by molar-refractivity contribution is 6.09. The van der Waals surface area contributed by atoms with Gasteiger partial charge in [0, 0.05) is 41.0 Å². The zero-order valence-electron chi connectivity index (χ0n) is 16.1. The molecule has 0 fully saturated rings. The molecule has 0 aromatic carbocycles. The molecule has 136 valence electrons. The van der Waals surface area contributed by atoms with Crippen LogP contribution in [0.1, 0.15) is 62.5 Å². The summed E-state index contributed by atoms with van der Waals surface area (Å²) in [6.07, 6.45) is 9.84. The quantitative estimate of drug-likeness (QED) is 0.761. The van der Waals surface area contributed by atoms with Gasteiger partial charge < -0.3 is 0 Å². The van der Waals surface area contributed by atoms with E-state index in [9.17, 15) is 0 Å². The van der Waals surface area contributed by atoms with E-state index in [1.165, 1.54) is 36.1 Å². The minimum absolute atomic E-state index is 0.0846. The minimum atomic E-state index is -0.0846. The highest BCUT2D eigenvalue weighted by Crippen LogP contribution is 2.39. The van der Waals surface area contributed by atoms with Gasteiger partial charge in [-0.3, -0.25) is 9.67 Å². The van der Waals surface area contributed by atoms with Gasteiger partial charge in [0.1, 0.15) is 6.54 Å². The maximum Gasteiger partial charge on any atom is 0.107 e. The maximum atomic E-state index is 5.19. The third-order valence-corrected chi connectivity index (χ3v) is 5.17. The lowest BCUT2D eigenvalue weighted by Gasteiger charge is -2.26. The summed E-state index contributed by atoms with van der Waals surface area (Å²) in [5.74, 6) is 0. The van der Waals surface area contributed by atoms with Gasteiger partial charge in [-0.25, -0.2) is 0 Å². The molecule has 2 aromatic rings. The van der Waals surface area contributed by atoms with Gasteiger partial charge >= 0.3 is 0 Å². The van der Waals surface area contributed by atoms with E-state index in [0.29, 0.717) is 6.54 Å². The Hall–Kier alpha value is -2.37. The second kappa shape index (κ2) is 6.41. The summed E-state index contributed by atoms with van der Waals surface area (Å²) in [4.78, 5) is 5.19. The Bertz CT molecular complexity index is 898. The first-order valence-electron chi connectivity index (χ1n) is 9.44. The number of hydrogen-bond donors (Lipinski definition) is 0. The molecule has 0 N–H and O–H groups in total. The van der Waals surface area contributed by atoms with Crippen molar-refractivity contribution in [3.63, 3.8) is 0 Å². The molecule has 0 radical (unpaired) electrons. The lowest BCUT2D eigenvalue weighted by Crippen LogP contribution is -2.23. The predicted octanol–water partition coefficient (Wildman–Crippen LogP) is 4.22. The third kappa shape index (κ3) is 2.97. The number of aryl methyl sites for hydroxylation is 2. The summed E-state index contributed by atoms with van der Waals surface area (Å²) in [6.45, 7) is 7.19. The van der Waals surface area contributed by atoms with E-state index >= 15 is 0 Å². The first-order chi connectivity index (χ1) is 12.4. The molecule has 0 bridgehead atoms. The van der Waals surface area contributed by atoms with Crippen molar-refractivity contribution in [3.05, 3.63) is 34.9 Å². The van der Waals surface area contributed by atoms with Crippen LogP contribution in [-0.2, 0) is 25.3 Å². The van der Waals surface area contributed by atoms with Crippen LogP contribution in [-0.4, -0.2) is 27.0 Å². The van der Waals surface area contributed by atoms with Gasteiger partial charge in [0.25, 0.3) is 0 Å². The zero-order chi connectivity index (χ0) is 18.3. The zero-order valence-corrected chi connectivity index (χ0v) is 16.1. The molecule has 2 aliphatic rings. The van der Waals surface area contributed by atoms with Crippen LogP contribution in [0.3, 0.4) is 0 Å². The van der Waals surface area contributed by atoms with Crippen LogP contribution in [0.2, 0.25) is 0 Å². The number of pyridine rings is 1. The van der Waals surface area contributed by atoms with Crippen LogP contribution in [0.15, 0.2) is 27.8 Å². The molecular weight excluding hydrogens is 324 g/mol. The largest absolute Gasteiger partial charge is 0.275 e. The topological polar surface area (TPSA) is 67.8 Å². The Morgan fingerprint density at radius 3 is 2.50 bits per heavy atom. The van der Waals surface area contributed by atoms with Gasteiger partial charge in [-0.2, -0.15) is 10.2 Å². The first-order valence-corrected chi connectivity index (χ1v) is 9.44. The lowest BCUT2D eigenvalue weighted by molar-refractivity contribution is 0.563. The summed E-state index contributed by atoms with van der Waals surface area (Å²) >= 11 is 0. The van der Waals surface area contributed by atoms with Crippen molar-refractivity contribution < 1.29 is 0 Å². The van der Waals surface area contributed by atoms with Gasteiger partial charge in [-0.15, -0.1) is 5.10 Å². The Morgan fingerprint density at radius 2 is 1.85 bits per heavy atom. The average molecular weight is 350 g/mol. The SMILES string of the molecule is Cn1cc(-c2c3c(nc(C(C)(C)C)c2C2=NN=NC2)CCCCC3)cn1. The van der Waals surface area contributed by atoms with Gasteiger partial charge in [0.05, 0.1) is 17.6 Å². The molecule has 1 aliphatic heterocycles. The molecule has 0 saturated heterocycles. The molecule has 4 rings (SSSR count). The van der Waals surface area contributed by atoms with Crippen LogP contribution >= 0.6 is 0 Å². The molecule has 3 heterocycles. The summed E-state index contributed by atoms with van der Waals surface area (Å²) in [7, 11) is 1.96. The third-order valence-electron chi connectivity index (χ3n) is 5.17. The first kappa shape index (κ1) is 17.1. The number of rotatable bonds is 2. The van der Waals surface area contributed by atoms with Crippen molar-refractivity contribution in [1.29, 1.82) is 0 Å². The number of aromatic nitrogens is 3. The van der Waals surface area contributed by atoms with E-state index in [1.807, 2.05) is 17.9 Å². The Labute approximate surface area is 154 Å². The van der Waals surface area contributed by atoms with Crippen molar-refractivity contribution in [2.45, 2.75) is 58.3 Å². The smallest absolute Gasteiger partial charge is 0.107 e. The molecule has 6 nitrogen and oxygen atoms in total. The van der Waals surface area contributed by atoms with Crippen LogP contribution in [0.4, 0.5) is 0 Å². The molecular formula is C20H26N6. The molecule has 0 saturated carbocycles. The molecule has 26 heavy (non-hydrogen) atoms. The Balaban J connectivity index is 2.07. The molecule has 2 aromatic heterocycles. The molecule has 0 amide bonds.